The zero-order valence-electron chi connectivity index (χ0n) is 8.50. The van der Waals surface area contributed by atoms with Gasteiger partial charge >= 0.3 is 0 Å². The summed E-state index contributed by atoms with van der Waals surface area (Å²) >= 11 is 5.77. The predicted molar refractivity (Wildman–Crippen MR) is 61.4 cm³/mol. The highest BCUT2D eigenvalue weighted by molar-refractivity contribution is 6.30. The smallest absolute Gasteiger partial charge is 0.0647 e. The van der Waals surface area contributed by atoms with E-state index in [-0.39, 0.29) is 6.61 Å². The van der Waals surface area contributed by atoms with E-state index in [1.165, 1.54) is 0 Å². The van der Waals surface area contributed by atoms with Crippen LogP contribution in [-0.4, -0.2) is 11.7 Å². The molecule has 0 saturated heterocycles. The van der Waals surface area contributed by atoms with Gasteiger partial charge in [0.05, 0.1) is 6.61 Å². The molecule has 1 rings (SSSR count). The van der Waals surface area contributed by atoms with Crippen LogP contribution in [-0.2, 0) is 0 Å². The van der Waals surface area contributed by atoms with Crippen molar-refractivity contribution in [1.82, 2.24) is 0 Å². The molecule has 1 aromatic rings. The molecular weight excluding hydrogens is 196 g/mol. The Labute approximate surface area is 90.0 Å². The maximum Gasteiger partial charge on any atom is 0.0647 e. The standard InChI is InChI=1S/C12H15ClO/c1-9(2)11(8-14)7-10-3-5-12(13)6-4-10/h3-7,9,14H,8H2,1-2H3/b11-7-. The van der Waals surface area contributed by atoms with Gasteiger partial charge in [-0.05, 0) is 29.2 Å². The van der Waals surface area contributed by atoms with Crippen molar-refractivity contribution >= 4 is 17.7 Å². The van der Waals surface area contributed by atoms with E-state index in [9.17, 15) is 0 Å². The molecular formula is C12H15ClO. The molecule has 0 atom stereocenters. The molecule has 0 spiro atoms. The summed E-state index contributed by atoms with van der Waals surface area (Å²) in [6.07, 6.45) is 2.00. The summed E-state index contributed by atoms with van der Waals surface area (Å²) < 4.78 is 0. The van der Waals surface area contributed by atoms with Crippen LogP contribution in [0.4, 0.5) is 0 Å². The molecule has 14 heavy (non-hydrogen) atoms. The number of rotatable bonds is 3. The first kappa shape index (κ1) is 11.3. The summed E-state index contributed by atoms with van der Waals surface area (Å²) in [7, 11) is 0. The number of halogens is 1. The van der Waals surface area contributed by atoms with Crippen LogP contribution in [0.3, 0.4) is 0 Å². The molecule has 1 N–H and O–H groups in total. The third-order valence-corrected chi connectivity index (χ3v) is 2.40. The van der Waals surface area contributed by atoms with Crippen LogP contribution in [0, 0.1) is 5.92 Å². The Morgan fingerprint density at radius 1 is 1.36 bits per heavy atom. The van der Waals surface area contributed by atoms with Gasteiger partial charge in [-0.25, -0.2) is 0 Å². The minimum absolute atomic E-state index is 0.111. The van der Waals surface area contributed by atoms with Crippen LogP contribution < -0.4 is 0 Å². The fourth-order valence-corrected chi connectivity index (χ4v) is 1.29. The number of hydrogen-bond donors (Lipinski definition) is 1. The SMILES string of the molecule is CC(C)/C(=C\c1ccc(Cl)cc1)CO. The van der Waals surface area contributed by atoms with E-state index in [2.05, 4.69) is 13.8 Å². The average molecular weight is 211 g/mol. The van der Waals surface area contributed by atoms with Gasteiger partial charge in [0.2, 0.25) is 0 Å². The Balaban J connectivity index is 2.89. The lowest BCUT2D eigenvalue weighted by Crippen LogP contribution is -1.98. The van der Waals surface area contributed by atoms with Crippen LogP contribution in [0.25, 0.3) is 6.08 Å². The van der Waals surface area contributed by atoms with Gasteiger partial charge in [-0.3, -0.25) is 0 Å². The van der Waals surface area contributed by atoms with Gasteiger partial charge in [-0.1, -0.05) is 43.7 Å². The topological polar surface area (TPSA) is 20.2 Å². The second-order valence-corrected chi connectivity index (χ2v) is 4.02. The van der Waals surface area contributed by atoms with Crippen molar-refractivity contribution in [3.8, 4) is 0 Å². The van der Waals surface area contributed by atoms with Crippen molar-refractivity contribution < 1.29 is 5.11 Å². The van der Waals surface area contributed by atoms with Gasteiger partial charge < -0.3 is 5.11 Å². The molecule has 1 aromatic carbocycles. The van der Waals surface area contributed by atoms with Gasteiger partial charge in [0.25, 0.3) is 0 Å². The molecule has 0 aliphatic carbocycles. The zero-order chi connectivity index (χ0) is 10.6. The van der Waals surface area contributed by atoms with E-state index in [1.54, 1.807) is 0 Å². The van der Waals surface area contributed by atoms with E-state index in [0.29, 0.717) is 5.92 Å². The fourth-order valence-electron chi connectivity index (χ4n) is 1.17. The van der Waals surface area contributed by atoms with Crippen molar-refractivity contribution in [1.29, 1.82) is 0 Å². The number of hydrogen-bond acceptors (Lipinski definition) is 1. The second kappa shape index (κ2) is 5.18. The maximum absolute atomic E-state index is 9.12. The van der Waals surface area contributed by atoms with Crippen molar-refractivity contribution in [2.45, 2.75) is 13.8 Å². The van der Waals surface area contributed by atoms with Gasteiger partial charge in [-0.2, -0.15) is 0 Å². The van der Waals surface area contributed by atoms with E-state index in [1.807, 2.05) is 30.3 Å². The van der Waals surface area contributed by atoms with Gasteiger partial charge in [0, 0.05) is 5.02 Å². The van der Waals surface area contributed by atoms with Crippen molar-refractivity contribution in [2.75, 3.05) is 6.61 Å². The highest BCUT2D eigenvalue weighted by atomic mass is 35.5. The van der Waals surface area contributed by atoms with Gasteiger partial charge in [-0.15, -0.1) is 0 Å². The summed E-state index contributed by atoms with van der Waals surface area (Å²) in [5.41, 5.74) is 2.11. The van der Waals surface area contributed by atoms with Crippen LogP contribution in [0.15, 0.2) is 29.8 Å². The minimum atomic E-state index is 0.111. The summed E-state index contributed by atoms with van der Waals surface area (Å²) in [6, 6.07) is 7.59. The first-order valence-corrected chi connectivity index (χ1v) is 5.08. The molecule has 76 valence electrons. The van der Waals surface area contributed by atoms with Crippen molar-refractivity contribution in [3.63, 3.8) is 0 Å². The monoisotopic (exact) mass is 210 g/mol. The van der Waals surface area contributed by atoms with E-state index in [0.717, 1.165) is 16.2 Å². The Kier molecular flexibility index (Phi) is 4.18. The summed E-state index contributed by atoms with van der Waals surface area (Å²) in [5, 5.41) is 9.85. The third kappa shape index (κ3) is 3.17. The number of aliphatic hydroxyl groups excluding tert-OH is 1. The molecule has 0 saturated carbocycles. The molecule has 0 unspecified atom stereocenters. The lowest BCUT2D eigenvalue weighted by molar-refractivity contribution is 0.320. The lowest BCUT2D eigenvalue weighted by Gasteiger charge is -2.07. The minimum Gasteiger partial charge on any atom is -0.392 e. The zero-order valence-corrected chi connectivity index (χ0v) is 9.25. The molecule has 1 nitrogen and oxygen atoms in total. The highest BCUT2D eigenvalue weighted by Crippen LogP contribution is 2.16. The molecule has 0 heterocycles. The Morgan fingerprint density at radius 2 is 1.93 bits per heavy atom. The predicted octanol–water partition coefficient (Wildman–Crippen LogP) is 3.37. The van der Waals surface area contributed by atoms with E-state index in [4.69, 9.17) is 16.7 Å². The molecule has 0 fully saturated rings. The Morgan fingerprint density at radius 3 is 2.36 bits per heavy atom. The number of aliphatic hydroxyl groups is 1. The Hall–Kier alpha value is -0.790. The Bertz CT molecular complexity index is 312. The van der Waals surface area contributed by atoms with Crippen LogP contribution >= 0.6 is 11.6 Å². The van der Waals surface area contributed by atoms with Crippen LogP contribution in [0.1, 0.15) is 19.4 Å². The van der Waals surface area contributed by atoms with Gasteiger partial charge in [0.15, 0.2) is 0 Å². The average Bonchev–Trinajstić information content (AvgIpc) is 2.16. The molecule has 0 aromatic heterocycles. The van der Waals surface area contributed by atoms with Crippen molar-refractivity contribution in [2.24, 2.45) is 5.92 Å². The summed E-state index contributed by atoms with van der Waals surface area (Å²) in [6.45, 7) is 4.25. The first-order chi connectivity index (χ1) is 6.63. The third-order valence-electron chi connectivity index (χ3n) is 2.15. The maximum atomic E-state index is 9.12. The van der Waals surface area contributed by atoms with Gasteiger partial charge in [0.1, 0.15) is 0 Å². The fraction of sp³-hybridized carbons (Fsp3) is 0.333. The highest BCUT2D eigenvalue weighted by Gasteiger charge is 2.01. The molecule has 0 aliphatic rings. The van der Waals surface area contributed by atoms with E-state index >= 15 is 0 Å². The summed E-state index contributed by atoms with van der Waals surface area (Å²) in [5.74, 6) is 0.371. The first-order valence-electron chi connectivity index (χ1n) is 4.70. The molecule has 0 aliphatic heterocycles. The van der Waals surface area contributed by atoms with E-state index < -0.39 is 0 Å². The van der Waals surface area contributed by atoms with Crippen LogP contribution in [0.2, 0.25) is 5.02 Å². The molecule has 0 bridgehead atoms. The second-order valence-electron chi connectivity index (χ2n) is 3.58. The molecule has 0 radical (unpaired) electrons. The van der Waals surface area contributed by atoms with Crippen molar-refractivity contribution in [3.05, 3.63) is 40.4 Å². The quantitative estimate of drug-likeness (QED) is 0.811. The summed E-state index contributed by atoms with van der Waals surface area (Å²) in [4.78, 5) is 0. The number of benzene rings is 1. The van der Waals surface area contributed by atoms with Crippen LogP contribution in [0.5, 0.6) is 0 Å². The molecule has 0 amide bonds. The lowest BCUT2D eigenvalue weighted by atomic mass is 10.0. The largest absolute Gasteiger partial charge is 0.392 e. The normalized spacial score (nSPS) is 12.2. The molecule has 2 heteroatoms.